The summed E-state index contributed by atoms with van der Waals surface area (Å²) >= 11 is 0. The number of hydrogen-bond acceptors (Lipinski definition) is 4. The number of hydrogen-bond donors (Lipinski definition) is 1. The number of amides is 2. The summed E-state index contributed by atoms with van der Waals surface area (Å²) in [6, 6.07) is 18.3. The van der Waals surface area contributed by atoms with Gasteiger partial charge in [0.05, 0.1) is 12.5 Å². The highest BCUT2D eigenvalue weighted by atomic mass is 16.5. The molecule has 1 aliphatic carbocycles. The number of likely N-dealkylation sites (tertiary alicyclic amines) is 1. The smallest absolute Gasteiger partial charge is 0.311 e. The van der Waals surface area contributed by atoms with Crippen LogP contribution < -0.4 is 5.32 Å². The molecule has 0 unspecified atom stereocenters. The van der Waals surface area contributed by atoms with Crippen LogP contribution in [0.15, 0.2) is 60.7 Å². The predicted octanol–water partition coefficient (Wildman–Crippen LogP) is 2.61. The maximum Gasteiger partial charge on any atom is 0.311 e. The van der Waals surface area contributed by atoms with Gasteiger partial charge >= 0.3 is 5.97 Å². The average molecular weight is 406 g/mol. The molecular formula is C24H26N2O4. The lowest BCUT2D eigenvalue weighted by molar-refractivity contribution is -0.145. The molecule has 1 saturated heterocycles. The molecule has 6 heteroatoms. The Bertz CT molecular complexity index is 962. The van der Waals surface area contributed by atoms with Gasteiger partial charge in [-0.25, -0.2) is 0 Å². The minimum atomic E-state index is -1.19. The number of fused-ring (bicyclic) bond motifs is 1. The second-order valence-corrected chi connectivity index (χ2v) is 8.17. The van der Waals surface area contributed by atoms with Crippen molar-refractivity contribution in [1.29, 1.82) is 0 Å². The van der Waals surface area contributed by atoms with Gasteiger partial charge in [0.1, 0.15) is 5.54 Å². The first-order chi connectivity index (χ1) is 14.4. The van der Waals surface area contributed by atoms with E-state index in [1.54, 1.807) is 50.1 Å². The van der Waals surface area contributed by atoms with Crippen molar-refractivity contribution >= 4 is 17.8 Å². The van der Waals surface area contributed by atoms with E-state index in [1.165, 1.54) is 0 Å². The maximum absolute atomic E-state index is 13.5. The molecule has 2 aliphatic rings. The maximum atomic E-state index is 13.5. The van der Waals surface area contributed by atoms with Crippen molar-refractivity contribution in [2.45, 2.75) is 31.3 Å². The molecule has 1 saturated carbocycles. The largest absolute Gasteiger partial charge is 0.466 e. The van der Waals surface area contributed by atoms with Crippen LogP contribution in [0.4, 0.5) is 0 Å². The molecule has 1 aliphatic heterocycles. The standard InChI is InChI=1S/C24H26N2O4/c1-4-30-22(28)18-17-19(15-11-7-5-8-12-15)24(2,23(29)26(3)20(17)18)25-21(27)16-13-9-6-10-14-16/h5-14,17-20H,4H2,1-3H3,(H,25,27)/t17-,18-,19+,20+,24-/m1/s1. The van der Waals surface area contributed by atoms with Crippen LogP contribution in [0, 0.1) is 11.8 Å². The number of likely N-dealkylation sites (N-methyl/N-ethyl adjacent to an activating group) is 1. The zero-order chi connectivity index (χ0) is 21.5. The van der Waals surface area contributed by atoms with Crippen molar-refractivity contribution in [1.82, 2.24) is 10.2 Å². The fraction of sp³-hybridized carbons (Fsp3) is 0.375. The monoisotopic (exact) mass is 406 g/mol. The molecule has 2 fully saturated rings. The van der Waals surface area contributed by atoms with Crippen LogP contribution in [0.5, 0.6) is 0 Å². The summed E-state index contributed by atoms with van der Waals surface area (Å²) in [5.41, 5.74) is 0.225. The number of carbonyl (C=O) groups excluding carboxylic acids is 3. The number of rotatable bonds is 5. The Morgan fingerprint density at radius 2 is 1.67 bits per heavy atom. The van der Waals surface area contributed by atoms with Crippen LogP contribution in [0.3, 0.4) is 0 Å². The van der Waals surface area contributed by atoms with E-state index < -0.39 is 5.54 Å². The molecule has 2 amide bonds. The van der Waals surface area contributed by atoms with Crippen molar-refractivity contribution in [3.63, 3.8) is 0 Å². The quantitative estimate of drug-likeness (QED) is 0.775. The lowest BCUT2D eigenvalue weighted by Crippen LogP contribution is -2.64. The minimum Gasteiger partial charge on any atom is -0.466 e. The van der Waals surface area contributed by atoms with Gasteiger partial charge in [0.15, 0.2) is 0 Å². The third-order valence-electron chi connectivity index (χ3n) is 6.38. The second kappa shape index (κ2) is 7.59. The van der Waals surface area contributed by atoms with Crippen LogP contribution in [0.25, 0.3) is 0 Å². The summed E-state index contributed by atoms with van der Waals surface area (Å²) in [4.78, 5) is 40.7. The van der Waals surface area contributed by atoms with E-state index in [4.69, 9.17) is 4.74 Å². The Kier molecular flexibility index (Phi) is 5.10. The topological polar surface area (TPSA) is 75.7 Å². The summed E-state index contributed by atoms with van der Waals surface area (Å²) in [5.74, 6) is -1.64. The van der Waals surface area contributed by atoms with Crippen molar-refractivity contribution in [3.8, 4) is 0 Å². The summed E-state index contributed by atoms with van der Waals surface area (Å²) in [6.45, 7) is 3.84. The molecule has 0 spiro atoms. The second-order valence-electron chi connectivity index (χ2n) is 8.17. The molecule has 2 aromatic rings. The molecule has 5 atom stereocenters. The first-order valence-corrected chi connectivity index (χ1v) is 10.3. The Morgan fingerprint density at radius 1 is 1.07 bits per heavy atom. The van der Waals surface area contributed by atoms with E-state index in [2.05, 4.69) is 5.32 Å². The highest BCUT2D eigenvalue weighted by molar-refractivity contribution is 6.01. The fourth-order valence-electron chi connectivity index (χ4n) is 5.02. The van der Waals surface area contributed by atoms with Crippen LogP contribution in [0.2, 0.25) is 0 Å². The molecule has 0 bridgehead atoms. The molecule has 156 valence electrons. The Labute approximate surface area is 176 Å². The molecular weight excluding hydrogens is 380 g/mol. The third kappa shape index (κ3) is 3.16. The van der Waals surface area contributed by atoms with Gasteiger partial charge in [0.25, 0.3) is 5.91 Å². The van der Waals surface area contributed by atoms with Crippen LogP contribution in [-0.2, 0) is 14.3 Å². The van der Waals surface area contributed by atoms with E-state index in [0.29, 0.717) is 12.2 Å². The number of piperidine rings is 1. The number of nitrogens with zero attached hydrogens (tertiary/aromatic N) is 1. The van der Waals surface area contributed by atoms with E-state index in [1.807, 2.05) is 36.4 Å². The molecule has 2 aromatic carbocycles. The highest BCUT2D eigenvalue weighted by Crippen LogP contribution is 2.59. The van der Waals surface area contributed by atoms with Crippen molar-refractivity contribution in [2.24, 2.45) is 11.8 Å². The van der Waals surface area contributed by atoms with Crippen molar-refractivity contribution < 1.29 is 19.1 Å². The first-order valence-electron chi connectivity index (χ1n) is 10.3. The minimum absolute atomic E-state index is 0.116. The molecule has 30 heavy (non-hydrogen) atoms. The van der Waals surface area contributed by atoms with Crippen LogP contribution >= 0.6 is 0 Å². The predicted molar refractivity (Wildman–Crippen MR) is 112 cm³/mol. The van der Waals surface area contributed by atoms with Crippen molar-refractivity contribution in [2.75, 3.05) is 13.7 Å². The number of nitrogens with one attached hydrogen (secondary N) is 1. The van der Waals surface area contributed by atoms with Crippen molar-refractivity contribution in [3.05, 3.63) is 71.8 Å². The molecule has 1 heterocycles. The molecule has 0 radical (unpaired) electrons. The van der Waals surface area contributed by atoms with Gasteiger partial charge in [-0.2, -0.15) is 0 Å². The number of ether oxygens (including phenoxy) is 1. The van der Waals surface area contributed by atoms with Gasteiger partial charge in [-0.3, -0.25) is 14.4 Å². The number of benzene rings is 2. The van der Waals surface area contributed by atoms with Gasteiger partial charge in [0, 0.05) is 30.5 Å². The normalized spacial score (nSPS) is 29.7. The molecule has 4 rings (SSSR count). The van der Waals surface area contributed by atoms with Gasteiger partial charge in [-0.05, 0) is 31.5 Å². The van der Waals surface area contributed by atoms with E-state index in [0.717, 1.165) is 5.56 Å². The molecule has 0 aromatic heterocycles. The molecule has 1 N–H and O–H groups in total. The Morgan fingerprint density at radius 3 is 2.27 bits per heavy atom. The summed E-state index contributed by atoms with van der Waals surface area (Å²) in [5, 5.41) is 3.01. The summed E-state index contributed by atoms with van der Waals surface area (Å²) in [6.07, 6.45) is 0. The van der Waals surface area contributed by atoms with E-state index >= 15 is 0 Å². The lowest BCUT2D eigenvalue weighted by atomic mass is 9.73. The zero-order valence-electron chi connectivity index (χ0n) is 17.4. The number of carbonyl (C=O) groups is 3. The van der Waals surface area contributed by atoms with Crippen LogP contribution in [0.1, 0.15) is 35.7 Å². The highest BCUT2D eigenvalue weighted by Gasteiger charge is 2.71. The Hall–Kier alpha value is -3.15. The summed E-state index contributed by atoms with van der Waals surface area (Å²) < 4.78 is 5.28. The van der Waals surface area contributed by atoms with E-state index in [9.17, 15) is 14.4 Å². The fourth-order valence-corrected chi connectivity index (χ4v) is 5.02. The third-order valence-corrected chi connectivity index (χ3v) is 6.38. The zero-order valence-corrected chi connectivity index (χ0v) is 17.4. The van der Waals surface area contributed by atoms with Gasteiger partial charge in [0.2, 0.25) is 5.91 Å². The number of esters is 1. The van der Waals surface area contributed by atoms with Gasteiger partial charge < -0.3 is 15.0 Å². The summed E-state index contributed by atoms with van der Waals surface area (Å²) in [7, 11) is 1.70. The average Bonchev–Trinajstić information content (AvgIpc) is 3.49. The molecule has 6 nitrogen and oxygen atoms in total. The first kappa shape index (κ1) is 20.1. The lowest BCUT2D eigenvalue weighted by Gasteiger charge is -2.44. The Balaban J connectivity index is 1.74. The van der Waals surface area contributed by atoms with Gasteiger partial charge in [-0.15, -0.1) is 0 Å². The van der Waals surface area contributed by atoms with Crippen LogP contribution in [-0.4, -0.2) is 47.9 Å². The SMILES string of the molecule is CCOC(=O)[C@@H]1[C@H]2[C@@H]1N(C)C(=O)[C@](C)(NC(=O)c1ccccc1)[C@H]2c1ccccc1. The van der Waals surface area contributed by atoms with E-state index in [-0.39, 0.29) is 41.6 Å². The van der Waals surface area contributed by atoms with Gasteiger partial charge in [-0.1, -0.05) is 48.5 Å².